The summed E-state index contributed by atoms with van der Waals surface area (Å²) >= 11 is 0. The van der Waals surface area contributed by atoms with Crippen LogP contribution in [0.25, 0.3) is 11.1 Å². The lowest BCUT2D eigenvalue weighted by Gasteiger charge is -2.40. The minimum atomic E-state index is -0.621. The summed E-state index contributed by atoms with van der Waals surface area (Å²) in [5.41, 5.74) is 2.03. The molecular weight excluding hydrogens is 472 g/mol. The van der Waals surface area contributed by atoms with Crippen molar-refractivity contribution >= 4 is 23.9 Å². The van der Waals surface area contributed by atoms with Crippen molar-refractivity contribution in [3.8, 4) is 11.1 Å². The quantitative estimate of drug-likeness (QED) is 0.177. The van der Waals surface area contributed by atoms with E-state index < -0.39 is 10.3 Å². The molecule has 1 amide bonds. The first kappa shape index (κ1) is 26.0. The highest BCUT2D eigenvalue weighted by Gasteiger charge is 2.43. The third kappa shape index (κ3) is 5.83. The lowest BCUT2D eigenvalue weighted by Crippen LogP contribution is -2.48. The van der Waals surface area contributed by atoms with E-state index in [1.807, 2.05) is 36.4 Å². The number of ether oxygens (including phenoxy) is 1. The molecule has 0 saturated carbocycles. The summed E-state index contributed by atoms with van der Waals surface area (Å²) in [6.07, 6.45) is 4.51. The Kier molecular flexibility index (Phi) is 8.25. The molecule has 9 nitrogen and oxygen atoms in total. The number of carbonyl (C=O) groups excluding carboxylic acids is 2. The summed E-state index contributed by atoms with van der Waals surface area (Å²) in [7, 11) is 1.44. The Bertz CT molecular complexity index is 1220. The van der Waals surface area contributed by atoms with E-state index in [-0.39, 0.29) is 11.7 Å². The van der Waals surface area contributed by atoms with Crippen LogP contribution in [0.5, 0.6) is 0 Å². The van der Waals surface area contributed by atoms with Gasteiger partial charge in [-0.05, 0) is 79.9 Å². The third-order valence-corrected chi connectivity index (χ3v) is 7.06. The third-order valence-electron chi connectivity index (χ3n) is 7.06. The molecule has 0 N–H and O–H groups in total. The zero-order valence-electron chi connectivity index (χ0n) is 20.8. The van der Waals surface area contributed by atoms with Crippen LogP contribution in [0.4, 0.5) is 11.5 Å². The molecule has 4 rings (SSSR count). The smallest absolute Gasteiger partial charge is 0.316 e. The fourth-order valence-electron chi connectivity index (χ4n) is 4.94. The van der Waals surface area contributed by atoms with Crippen LogP contribution in [0.1, 0.15) is 24.8 Å². The zero-order valence-corrected chi connectivity index (χ0v) is 20.8. The van der Waals surface area contributed by atoms with Crippen LogP contribution >= 0.6 is 0 Å². The van der Waals surface area contributed by atoms with Crippen LogP contribution in [-0.4, -0.2) is 60.5 Å². The predicted octanol–water partition coefficient (Wildman–Crippen LogP) is 4.22. The number of carbonyl (C=O) groups is 2. The fraction of sp³-hybridized carbons (Fsp3) is 0.321. The van der Waals surface area contributed by atoms with Gasteiger partial charge in [0.05, 0.1) is 17.4 Å². The number of anilines is 1. The highest BCUT2D eigenvalue weighted by molar-refractivity contribution is 5.83. The second-order valence-corrected chi connectivity index (χ2v) is 9.14. The Morgan fingerprint density at radius 1 is 1.11 bits per heavy atom. The lowest BCUT2D eigenvalue weighted by atomic mass is 9.72. The standard InChI is InChI=1S/C28H30N4O5/c1-37-27(34)28(24-6-3-2-4-7-24)13-18-30(19-14-28)16-5-17-31(21-33)26-20-23(12-15-29-26)22-8-10-25(11-9-22)32(35)36/h2-4,6-12,15,20-21H,5,13-14,16-19H2,1H3. The van der Waals surface area contributed by atoms with Crippen molar-refractivity contribution in [2.45, 2.75) is 24.7 Å². The number of esters is 1. The van der Waals surface area contributed by atoms with Crippen molar-refractivity contribution in [1.82, 2.24) is 9.88 Å². The molecule has 2 heterocycles. The van der Waals surface area contributed by atoms with Gasteiger partial charge in [-0.3, -0.25) is 24.6 Å². The van der Waals surface area contributed by atoms with Gasteiger partial charge in [-0.15, -0.1) is 0 Å². The number of rotatable bonds is 10. The van der Waals surface area contributed by atoms with E-state index in [2.05, 4.69) is 9.88 Å². The van der Waals surface area contributed by atoms with Gasteiger partial charge in [-0.2, -0.15) is 0 Å². The Morgan fingerprint density at radius 2 is 1.81 bits per heavy atom. The largest absolute Gasteiger partial charge is 0.468 e. The highest BCUT2D eigenvalue weighted by atomic mass is 16.6. The fourth-order valence-corrected chi connectivity index (χ4v) is 4.94. The van der Waals surface area contributed by atoms with Crippen LogP contribution < -0.4 is 4.90 Å². The topological polar surface area (TPSA) is 106 Å². The van der Waals surface area contributed by atoms with Crippen molar-refractivity contribution < 1.29 is 19.2 Å². The summed E-state index contributed by atoms with van der Waals surface area (Å²) in [5.74, 6) is 0.336. The molecule has 1 aliphatic heterocycles. The van der Waals surface area contributed by atoms with Crippen molar-refractivity contribution in [1.29, 1.82) is 0 Å². The van der Waals surface area contributed by atoms with Crippen LogP contribution in [0.3, 0.4) is 0 Å². The maximum atomic E-state index is 12.7. The molecule has 0 radical (unpaired) electrons. The number of methoxy groups -OCH3 is 1. The number of benzene rings is 2. The summed E-state index contributed by atoms with van der Waals surface area (Å²) in [6, 6.07) is 19.7. The molecule has 37 heavy (non-hydrogen) atoms. The number of likely N-dealkylation sites (tertiary alicyclic amines) is 1. The van der Waals surface area contributed by atoms with Crippen molar-refractivity contribution in [2.24, 2.45) is 0 Å². The highest BCUT2D eigenvalue weighted by Crippen LogP contribution is 2.37. The molecule has 3 aromatic rings. The van der Waals surface area contributed by atoms with Gasteiger partial charge in [0.2, 0.25) is 6.41 Å². The van der Waals surface area contributed by atoms with Gasteiger partial charge in [0.15, 0.2) is 0 Å². The van der Waals surface area contributed by atoms with Crippen molar-refractivity contribution in [2.75, 3.05) is 38.2 Å². The molecule has 192 valence electrons. The monoisotopic (exact) mass is 502 g/mol. The molecule has 0 aliphatic carbocycles. The Hall–Kier alpha value is -4.11. The molecule has 1 aromatic heterocycles. The summed E-state index contributed by atoms with van der Waals surface area (Å²) in [5, 5.41) is 10.9. The molecule has 0 bridgehead atoms. The number of hydrogen-bond donors (Lipinski definition) is 0. The van der Waals surface area contributed by atoms with Crippen LogP contribution in [0, 0.1) is 10.1 Å². The molecular formula is C28H30N4O5. The first-order chi connectivity index (χ1) is 18.0. The first-order valence-electron chi connectivity index (χ1n) is 12.3. The number of aromatic nitrogens is 1. The van der Waals surface area contributed by atoms with E-state index in [0.29, 0.717) is 25.2 Å². The van der Waals surface area contributed by atoms with Gasteiger partial charge in [0, 0.05) is 24.9 Å². The van der Waals surface area contributed by atoms with Crippen molar-refractivity contribution in [3.63, 3.8) is 0 Å². The molecule has 0 unspecified atom stereocenters. The van der Waals surface area contributed by atoms with E-state index in [1.54, 1.807) is 29.3 Å². The number of amides is 1. The van der Waals surface area contributed by atoms with E-state index in [9.17, 15) is 19.7 Å². The second-order valence-electron chi connectivity index (χ2n) is 9.14. The van der Waals surface area contributed by atoms with Gasteiger partial charge in [0.25, 0.3) is 5.69 Å². The van der Waals surface area contributed by atoms with Crippen molar-refractivity contribution in [3.05, 3.63) is 88.6 Å². The summed E-state index contributed by atoms with van der Waals surface area (Å²) in [4.78, 5) is 43.3. The number of non-ortho nitro benzene ring substituents is 1. The summed E-state index contributed by atoms with van der Waals surface area (Å²) < 4.78 is 5.18. The Balaban J connectivity index is 1.35. The molecule has 1 aliphatic rings. The SMILES string of the molecule is COC(=O)C1(c2ccccc2)CCN(CCCN(C=O)c2cc(-c3ccc([N+](=O)[O-])cc3)ccn2)CC1. The van der Waals surface area contributed by atoms with Gasteiger partial charge < -0.3 is 9.64 Å². The minimum absolute atomic E-state index is 0.0258. The molecule has 0 atom stereocenters. The summed E-state index contributed by atoms with van der Waals surface area (Å²) in [6.45, 7) is 2.81. The molecule has 9 heteroatoms. The maximum absolute atomic E-state index is 12.7. The van der Waals surface area contributed by atoms with Gasteiger partial charge in [0.1, 0.15) is 5.82 Å². The van der Waals surface area contributed by atoms with Gasteiger partial charge >= 0.3 is 5.97 Å². The van der Waals surface area contributed by atoms with Crippen LogP contribution in [-0.2, 0) is 19.7 Å². The number of hydrogen-bond acceptors (Lipinski definition) is 7. The van der Waals surface area contributed by atoms with Gasteiger partial charge in [-0.25, -0.2) is 4.98 Å². The molecule has 1 saturated heterocycles. The van der Waals surface area contributed by atoms with E-state index in [4.69, 9.17) is 4.74 Å². The first-order valence-corrected chi connectivity index (χ1v) is 12.3. The minimum Gasteiger partial charge on any atom is -0.468 e. The predicted molar refractivity (Wildman–Crippen MR) is 140 cm³/mol. The number of nitro groups is 1. The van der Waals surface area contributed by atoms with Crippen LogP contribution in [0.2, 0.25) is 0 Å². The number of nitrogens with zero attached hydrogens (tertiary/aromatic N) is 4. The average molecular weight is 503 g/mol. The van der Waals surface area contributed by atoms with E-state index >= 15 is 0 Å². The zero-order chi connectivity index (χ0) is 26.3. The number of piperidine rings is 1. The Labute approximate surface area is 215 Å². The normalized spacial score (nSPS) is 15.1. The number of nitro benzene ring substituents is 1. The maximum Gasteiger partial charge on any atom is 0.316 e. The van der Waals surface area contributed by atoms with Gasteiger partial charge in [-0.1, -0.05) is 30.3 Å². The molecule has 1 fully saturated rings. The average Bonchev–Trinajstić information content (AvgIpc) is 2.96. The van der Waals surface area contributed by atoms with Crippen LogP contribution in [0.15, 0.2) is 72.9 Å². The molecule has 2 aromatic carbocycles. The molecule has 0 spiro atoms. The number of pyridine rings is 1. The lowest BCUT2D eigenvalue weighted by molar-refractivity contribution is -0.384. The second kappa shape index (κ2) is 11.7. The van der Waals surface area contributed by atoms with E-state index in [0.717, 1.165) is 49.2 Å². The Morgan fingerprint density at radius 3 is 2.43 bits per heavy atom. The van der Waals surface area contributed by atoms with E-state index in [1.165, 1.54) is 19.2 Å².